The molecule has 0 aromatic carbocycles. The van der Waals surface area contributed by atoms with Crippen molar-refractivity contribution in [2.75, 3.05) is 26.4 Å². The molecule has 18 unspecified atom stereocenters. The van der Waals surface area contributed by atoms with Crippen molar-refractivity contribution in [3.63, 3.8) is 0 Å². The van der Waals surface area contributed by atoms with Gasteiger partial charge in [-0.25, -0.2) is 4.79 Å². The second-order valence-corrected chi connectivity index (χ2v) is 31.8. The van der Waals surface area contributed by atoms with Gasteiger partial charge in [0, 0.05) is 19.8 Å². The fourth-order valence-corrected chi connectivity index (χ4v) is 15.5. The summed E-state index contributed by atoms with van der Waals surface area (Å²) in [6.45, 7) is 2.29. The van der Waals surface area contributed by atoms with E-state index < -0.39 is 148 Å². The molecule has 3 rings (SSSR count). The first kappa shape index (κ1) is 97.9. The van der Waals surface area contributed by atoms with Crippen LogP contribution in [0, 0.1) is 0 Å². The van der Waals surface area contributed by atoms with Crippen molar-refractivity contribution in [2.24, 2.45) is 0 Å². The molecule has 18 atom stereocenters. The van der Waals surface area contributed by atoms with E-state index in [1.807, 2.05) is 0 Å². The number of hydrogen-bond donors (Lipinski definition) is 14. The molecule has 3 aliphatic heterocycles. The minimum atomic E-state index is -3.08. The van der Waals surface area contributed by atoms with Gasteiger partial charge in [-0.3, -0.25) is 9.59 Å². The standard InChI is InChI=1S/C83H158N2O21/c1-4-6-8-10-12-14-16-18-20-22-24-26-28-29-30-31-32-33-34-35-37-39-41-43-45-47-49-51-53-55-57-70(93)85-64(65(90)56-54-52-50-48-46-44-42-40-38-36-27-25-23-21-19-17-15-13-11-9-7-5-2)62-101-80-75(97)74(96)77(69(61-88)103-80)104-81-76(98)79(73(95)68(60-87)102-81)106-83(82(99)100)58-66(91)71(84-63(3)89)78(105-83)72(94)67(92)59-86/h64-69,71-81,86-88,90-92,94-98H,4-62H2,1-3H3,(H,84,89)(H,85,93)(H,99,100). The molecule has 0 radical (unpaired) electrons. The predicted octanol–water partition coefficient (Wildman–Crippen LogP) is 12.8. The van der Waals surface area contributed by atoms with Crippen molar-refractivity contribution in [2.45, 2.75) is 484 Å². The van der Waals surface area contributed by atoms with E-state index >= 15 is 0 Å². The molecule has 106 heavy (non-hydrogen) atoms. The number of nitrogens with one attached hydrogen (secondary N) is 2. The largest absolute Gasteiger partial charge is 0.477 e. The number of hydrogen-bond acceptors (Lipinski definition) is 20. The summed E-state index contributed by atoms with van der Waals surface area (Å²) in [5, 5.41) is 137. The van der Waals surface area contributed by atoms with E-state index in [4.69, 9.17) is 28.4 Å². The summed E-state index contributed by atoms with van der Waals surface area (Å²) in [5.74, 6) is -6.08. The number of carboxylic acid groups (broad SMARTS) is 1. The zero-order valence-corrected chi connectivity index (χ0v) is 66.6. The maximum atomic E-state index is 13.6. The number of aliphatic hydroxyl groups is 11. The Kier molecular flexibility index (Phi) is 57.5. The molecule has 0 bridgehead atoms. The molecule has 0 aromatic heterocycles. The minimum absolute atomic E-state index is 0.230. The Bertz CT molecular complexity index is 2110. The summed E-state index contributed by atoms with van der Waals surface area (Å²) in [7, 11) is 0. The van der Waals surface area contributed by atoms with E-state index in [2.05, 4.69) is 24.5 Å². The van der Waals surface area contributed by atoms with Gasteiger partial charge in [0.05, 0.1) is 50.7 Å². The molecule has 0 aliphatic carbocycles. The van der Waals surface area contributed by atoms with Crippen LogP contribution in [0.2, 0.25) is 0 Å². The Morgan fingerprint density at radius 1 is 0.453 bits per heavy atom. The Morgan fingerprint density at radius 2 is 0.821 bits per heavy atom. The fourth-order valence-electron chi connectivity index (χ4n) is 15.5. The lowest BCUT2D eigenvalue weighted by Crippen LogP contribution is -2.70. The number of carbonyl (C=O) groups is 3. The molecule has 14 N–H and O–H groups in total. The lowest BCUT2D eigenvalue weighted by Gasteiger charge is -2.50. The lowest BCUT2D eigenvalue weighted by molar-refractivity contribution is -0.386. The van der Waals surface area contributed by atoms with Crippen molar-refractivity contribution in [1.82, 2.24) is 10.6 Å². The first-order chi connectivity index (χ1) is 51.4. The van der Waals surface area contributed by atoms with Gasteiger partial charge in [-0.2, -0.15) is 0 Å². The van der Waals surface area contributed by atoms with Gasteiger partial charge >= 0.3 is 5.97 Å². The van der Waals surface area contributed by atoms with Crippen LogP contribution in [-0.2, 0) is 42.8 Å². The molecule has 23 nitrogen and oxygen atoms in total. The van der Waals surface area contributed by atoms with Crippen LogP contribution >= 0.6 is 0 Å². The van der Waals surface area contributed by atoms with Crippen molar-refractivity contribution in [1.29, 1.82) is 0 Å². The van der Waals surface area contributed by atoms with Gasteiger partial charge in [0.1, 0.15) is 67.1 Å². The van der Waals surface area contributed by atoms with Crippen LogP contribution in [0.15, 0.2) is 0 Å². The van der Waals surface area contributed by atoms with E-state index in [0.717, 1.165) is 51.9 Å². The number of rotatable bonds is 70. The lowest BCUT2D eigenvalue weighted by atomic mass is 9.88. The summed E-state index contributed by atoms with van der Waals surface area (Å²) >= 11 is 0. The van der Waals surface area contributed by atoms with E-state index in [1.54, 1.807) is 0 Å². The van der Waals surface area contributed by atoms with Gasteiger partial charge in [-0.1, -0.05) is 341 Å². The van der Waals surface area contributed by atoms with Crippen molar-refractivity contribution >= 4 is 17.8 Å². The average Bonchev–Trinajstić information content (AvgIpc) is 0.753. The second kappa shape index (κ2) is 62.2. The number of unbranched alkanes of at least 4 members (excludes halogenated alkanes) is 50. The van der Waals surface area contributed by atoms with Gasteiger partial charge in [0.15, 0.2) is 12.6 Å². The Balaban J connectivity index is 1.47. The van der Waals surface area contributed by atoms with Crippen molar-refractivity contribution in [3.05, 3.63) is 0 Å². The van der Waals surface area contributed by atoms with Gasteiger partial charge in [0.2, 0.25) is 11.8 Å². The topological polar surface area (TPSA) is 373 Å². The molecule has 3 aliphatic rings. The SMILES string of the molecule is CCCCCCCCCCCCCCCCCCCCCCCCCCCCCCCCC(=O)NC(COC1OC(CO)C(OC2OC(CO)C(O)C(OC3(C(=O)O)CC(O)C(NC(C)=O)C(C(O)C(O)CO)O3)C2O)C(O)C1O)C(O)CCCCCCCCCCCCCCCCCCCCCCCC. The van der Waals surface area contributed by atoms with E-state index in [-0.39, 0.29) is 18.9 Å². The van der Waals surface area contributed by atoms with Crippen LogP contribution in [0.5, 0.6) is 0 Å². The molecule has 23 heteroatoms. The molecule has 3 saturated heterocycles. The van der Waals surface area contributed by atoms with E-state index in [1.165, 1.54) is 276 Å². The molecule has 0 spiro atoms. The van der Waals surface area contributed by atoms with Crippen LogP contribution in [0.1, 0.15) is 374 Å². The first-order valence-electron chi connectivity index (χ1n) is 43.4. The summed E-state index contributed by atoms with van der Waals surface area (Å²) < 4.78 is 35.0. The molecule has 626 valence electrons. The number of carboxylic acids is 1. The molecular formula is C83H158N2O21. The zero-order valence-electron chi connectivity index (χ0n) is 66.6. The fraction of sp³-hybridized carbons (Fsp3) is 0.964. The monoisotopic (exact) mass is 1520 g/mol. The van der Waals surface area contributed by atoms with Crippen LogP contribution in [-0.4, -0.2) is 215 Å². The van der Waals surface area contributed by atoms with Crippen molar-refractivity contribution in [3.8, 4) is 0 Å². The highest BCUT2D eigenvalue weighted by Crippen LogP contribution is 2.39. The maximum Gasteiger partial charge on any atom is 0.364 e. The smallest absolute Gasteiger partial charge is 0.364 e. The van der Waals surface area contributed by atoms with Crippen LogP contribution in [0.3, 0.4) is 0 Å². The first-order valence-corrected chi connectivity index (χ1v) is 43.4. The molecular weight excluding hydrogens is 1360 g/mol. The highest BCUT2D eigenvalue weighted by atomic mass is 16.8. The summed E-state index contributed by atoms with van der Waals surface area (Å²) in [4.78, 5) is 38.8. The quantitative estimate of drug-likeness (QED) is 0.0252. The second-order valence-electron chi connectivity index (χ2n) is 31.8. The number of aliphatic carboxylic acids is 1. The molecule has 0 saturated carbocycles. The third-order valence-electron chi connectivity index (χ3n) is 22.3. The van der Waals surface area contributed by atoms with E-state index in [9.17, 15) is 75.7 Å². The molecule has 3 fully saturated rings. The Labute approximate surface area is 639 Å². The minimum Gasteiger partial charge on any atom is -0.477 e. The normalized spacial score (nSPS) is 26.0. The van der Waals surface area contributed by atoms with Gasteiger partial charge < -0.3 is 100 Å². The molecule has 2 amide bonds. The predicted molar refractivity (Wildman–Crippen MR) is 412 cm³/mol. The third-order valence-corrected chi connectivity index (χ3v) is 22.3. The van der Waals surface area contributed by atoms with Crippen LogP contribution < -0.4 is 10.6 Å². The highest BCUT2D eigenvalue weighted by molar-refractivity contribution is 5.77. The molecule has 0 aromatic rings. The Hall–Kier alpha value is -2.27. The van der Waals surface area contributed by atoms with Gasteiger partial charge in [0.25, 0.3) is 5.79 Å². The third kappa shape index (κ3) is 41.5. The number of carbonyl (C=O) groups excluding carboxylic acids is 2. The summed E-state index contributed by atoms with van der Waals surface area (Å²) in [6, 6.07) is -2.53. The number of amides is 2. The van der Waals surface area contributed by atoms with Crippen LogP contribution in [0.25, 0.3) is 0 Å². The maximum absolute atomic E-state index is 13.6. The Morgan fingerprint density at radius 3 is 1.18 bits per heavy atom. The molecule has 3 heterocycles. The van der Waals surface area contributed by atoms with Gasteiger partial charge in [-0.05, 0) is 12.8 Å². The summed E-state index contributed by atoms with van der Waals surface area (Å²) in [5.41, 5.74) is 0. The average molecular weight is 1520 g/mol. The van der Waals surface area contributed by atoms with Crippen molar-refractivity contribution < 1.29 is 104 Å². The van der Waals surface area contributed by atoms with Crippen LogP contribution in [0.4, 0.5) is 0 Å². The summed E-state index contributed by atoms with van der Waals surface area (Å²) in [6.07, 6.45) is 38.2. The van der Waals surface area contributed by atoms with Gasteiger partial charge in [-0.15, -0.1) is 0 Å². The highest BCUT2D eigenvalue weighted by Gasteiger charge is 2.60. The zero-order chi connectivity index (χ0) is 77.4. The van der Waals surface area contributed by atoms with E-state index in [0.29, 0.717) is 19.3 Å². The number of ether oxygens (including phenoxy) is 6. The number of aliphatic hydroxyl groups excluding tert-OH is 11.